The summed E-state index contributed by atoms with van der Waals surface area (Å²) < 4.78 is 33.9. The predicted octanol–water partition coefficient (Wildman–Crippen LogP) is 5.12. The summed E-state index contributed by atoms with van der Waals surface area (Å²) in [4.78, 5) is 28.8. The third-order valence-corrected chi connectivity index (χ3v) is 8.35. The largest absolute Gasteiger partial charge is 0.497 e. The number of carbonyl (C=O) groups excluding carboxylic acids is 2. The topological polar surface area (TPSA) is 96.0 Å². The summed E-state index contributed by atoms with van der Waals surface area (Å²) in [7, 11) is -2.56. The van der Waals surface area contributed by atoms with Gasteiger partial charge in [0.25, 0.3) is 10.0 Å². The van der Waals surface area contributed by atoms with Crippen LogP contribution >= 0.6 is 11.6 Å². The van der Waals surface area contributed by atoms with Crippen molar-refractivity contribution in [1.82, 2.24) is 10.2 Å². The van der Waals surface area contributed by atoms with Crippen LogP contribution in [-0.4, -0.2) is 51.4 Å². The van der Waals surface area contributed by atoms with E-state index in [4.69, 9.17) is 16.3 Å². The van der Waals surface area contributed by atoms with E-state index in [1.807, 2.05) is 32.9 Å². The molecule has 10 heteroatoms. The van der Waals surface area contributed by atoms with Crippen molar-refractivity contribution in [3.05, 3.63) is 89.4 Å². The molecule has 0 unspecified atom stereocenters. The number of sulfonamides is 1. The molecule has 0 aliphatic rings. The van der Waals surface area contributed by atoms with Crippen molar-refractivity contribution in [2.75, 3.05) is 24.5 Å². The zero-order valence-electron chi connectivity index (χ0n) is 23.2. The second-order valence-electron chi connectivity index (χ2n) is 9.73. The number of rotatable bonds is 13. The standard InChI is InChI=1S/C30H36ClN3O5S/c1-5-28(30(36)32-19-22(2)3)33(20-23-11-17-26(39-4)18-12-23)29(35)21-34(25-15-13-24(31)14-16-25)40(37,38)27-9-7-6-8-10-27/h6-18,22,28H,5,19-21H2,1-4H3,(H,32,36)/t28-/m0/s1. The third kappa shape index (κ3) is 7.99. The molecule has 0 fully saturated rings. The Morgan fingerprint density at radius 3 is 2.12 bits per heavy atom. The van der Waals surface area contributed by atoms with Gasteiger partial charge >= 0.3 is 0 Å². The summed E-state index contributed by atoms with van der Waals surface area (Å²) in [6.07, 6.45) is 0.345. The molecule has 3 rings (SSSR count). The Morgan fingerprint density at radius 2 is 1.57 bits per heavy atom. The van der Waals surface area contributed by atoms with Crippen LogP contribution in [0.2, 0.25) is 5.02 Å². The normalized spacial score (nSPS) is 12.1. The highest BCUT2D eigenvalue weighted by atomic mass is 35.5. The van der Waals surface area contributed by atoms with E-state index >= 15 is 0 Å². The maximum absolute atomic E-state index is 14.0. The predicted molar refractivity (Wildman–Crippen MR) is 158 cm³/mol. The number of carbonyl (C=O) groups is 2. The van der Waals surface area contributed by atoms with Crippen LogP contribution in [0.4, 0.5) is 5.69 Å². The van der Waals surface area contributed by atoms with Gasteiger partial charge in [0.1, 0.15) is 18.3 Å². The highest BCUT2D eigenvalue weighted by Crippen LogP contribution is 2.26. The first-order valence-electron chi connectivity index (χ1n) is 13.1. The summed E-state index contributed by atoms with van der Waals surface area (Å²) in [5, 5.41) is 3.35. The van der Waals surface area contributed by atoms with Crippen molar-refractivity contribution in [2.45, 2.75) is 44.7 Å². The lowest BCUT2D eigenvalue weighted by atomic mass is 10.1. The number of ether oxygens (including phenoxy) is 1. The van der Waals surface area contributed by atoms with Crippen LogP contribution in [-0.2, 0) is 26.2 Å². The van der Waals surface area contributed by atoms with E-state index < -0.39 is 28.5 Å². The Bertz CT molecular complexity index is 1360. The Kier molecular flexibility index (Phi) is 11.0. The van der Waals surface area contributed by atoms with Crippen molar-refractivity contribution in [3.63, 3.8) is 0 Å². The van der Waals surface area contributed by atoms with Gasteiger partial charge in [0.2, 0.25) is 11.8 Å². The van der Waals surface area contributed by atoms with E-state index in [1.165, 1.54) is 17.0 Å². The van der Waals surface area contributed by atoms with Crippen molar-refractivity contribution in [1.29, 1.82) is 0 Å². The van der Waals surface area contributed by atoms with E-state index in [1.54, 1.807) is 61.7 Å². The molecule has 0 aliphatic heterocycles. The van der Waals surface area contributed by atoms with Crippen LogP contribution in [0.3, 0.4) is 0 Å². The number of hydrogen-bond donors (Lipinski definition) is 1. The lowest BCUT2D eigenvalue weighted by molar-refractivity contribution is -0.140. The van der Waals surface area contributed by atoms with Crippen LogP contribution < -0.4 is 14.4 Å². The van der Waals surface area contributed by atoms with Gasteiger partial charge in [-0.3, -0.25) is 13.9 Å². The highest BCUT2D eigenvalue weighted by Gasteiger charge is 2.33. The van der Waals surface area contributed by atoms with Gasteiger partial charge in [0, 0.05) is 18.1 Å². The van der Waals surface area contributed by atoms with Crippen molar-refractivity contribution in [3.8, 4) is 5.75 Å². The number of methoxy groups -OCH3 is 1. The summed E-state index contributed by atoms with van der Waals surface area (Å²) >= 11 is 6.07. The number of benzene rings is 3. The molecular formula is C30H36ClN3O5S. The minimum Gasteiger partial charge on any atom is -0.497 e. The molecule has 0 saturated heterocycles. The summed E-state index contributed by atoms with van der Waals surface area (Å²) in [5.74, 6) is 0.0775. The molecule has 8 nitrogen and oxygen atoms in total. The molecule has 214 valence electrons. The smallest absolute Gasteiger partial charge is 0.264 e. The number of hydrogen-bond acceptors (Lipinski definition) is 5. The third-order valence-electron chi connectivity index (χ3n) is 6.31. The van der Waals surface area contributed by atoms with Gasteiger partial charge in [0.05, 0.1) is 17.7 Å². The SMILES string of the molecule is CC[C@@H](C(=O)NCC(C)C)N(Cc1ccc(OC)cc1)C(=O)CN(c1ccc(Cl)cc1)S(=O)(=O)c1ccccc1. The van der Waals surface area contributed by atoms with Gasteiger partial charge in [-0.25, -0.2) is 8.42 Å². The Balaban J connectivity index is 2.02. The van der Waals surface area contributed by atoms with Crippen LogP contribution in [0.5, 0.6) is 5.75 Å². The number of halogens is 1. The fourth-order valence-corrected chi connectivity index (χ4v) is 5.69. The van der Waals surface area contributed by atoms with E-state index in [9.17, 15) is 18.0 Å². The van der Waals surface area contributed by atoms with E-state index in [-0.39, 0.29) is 29.0 Å². The maximum atomic E-state index is 14.0. The first kappa shape index (κ1) is 31.0. The van der Waals surface area contributed by atoms with Gasteiger partial charge in [-0.05, 0) is 66.4 Å². The first-order valence-corrected chi connectivity index (χ1v) is 14.9. The van der Waals surface area contributed by atoms with Crippen molar-refractivity contribution >= 4 is 39.1 Å². The average Bonchev–Trinajstić information content (AvgIpc) is 2.95. The zero-order valence-corrected chi connectivity index (χ0v) is 24.8. The summed E-state index contributed by atoms with van der Waals surface area (Å²) in [6.45, 7) is 5.85. The molecule has 0 spiro atoms. The molecule has 1 atom stereocenters. The molecule has 0 aliphatic carbocycles. The molecule has 1 N–H and O–H groups in total. The number of anilines is 1. The Morgan fingerprint density at radius 1 is 0.950 bits per heavy atom. The van der Waals surface area contributed by atoms with E-state index in [2.05, 4.69) is 5.32 Å². The quantitative estimate of drug-likeness (QED) is 0.300. The van der Waals surface area contributed by atoms with E-state index in [0.29, 0.717) is 23.7 Å². The van der Waals surface area contributed by atoms with Gasteiger partial charge in [-0.2, -0.15) is 0 Å². The monoisotopic (exact) mass is 585 g/mol. The Labute approximate surface area is 241 Å². The van der Waals surface area contributed by atoms with Gasteiger partial charge in [0.15, 0.2) is 0 Å². The summed E-state index contributed by atoms with van der Waals surface area (Å²) in [6, 6.07) is 20.5. The van der Waals surface area contributed by atoms with Crippen molar-refractivity contribution < 1.29 is 22.7 Å². The van der Waals surface area contributed by atoms with Crippen LogP contribution in [0.1, 0.15) is 32.8 Å². The minimum absolute atomic E-state index is 0.0428. The number of amides is 2. The Hall–Kier alpha value is -3.56. The second kappa shape index (κ2) is 14.2. The average molecular weight is 586 g/mol. The van der Waals surface area contributed by atoms with Gasteiger partial charge < -0.3 is 15.0 Å². The molecule has 2 amide bonds. The second-order valence-corrected chi connectivity index (χ2v) is 12.0. The zero-order chi connectivity index (χ0) is 29.3. The molecule has 0 radical (unpaired) electrons. The molecule has 3 aromatic carbocycles. The molecular weight excluding hydrogens is 550 g/mol. The molecule has 0 heterocycles. The van der Waals surface area contributed by atoms with Crippen LogP contribution in [0, 0.1) is 5.92 Å². The van der Waals surface area contributed by atoms with Crippen LogP contribution in [0.15, 0.2) is 83.8 Å². The summed E-state index contributed by atoms with van der Waals surface area (Å²) in [5.41, 5.74) is 1.05. The molecule has 40 heavy (non-hydrogen) atoms. The van der Waals surface area contributed by atoms with Crippen molar-refractivity contribution in [2.24, 2.45) is 5.92 Å². The molecule has 0 saturated carbocycles. The maximum Gasteiger partial charge on any atom is 0.264 e. The fourth-order valence-electron chi connectivity index (χ4n) is 4.13. The number of nitrogens with one attached hydrogen (secondary N) is 1. The lowest BCUT2D eigenvalue weighted by Gasteiger charge is -2.33. The van der Waals surface area contributed by atoms with E-state index in [0.717, 1.165) is 9.87 Å². The van der Waals surface area contributed by atoms with Gasteiger partial charge in [-0.15, -0.1) is 0 Å². The van der Waals surface area contributed by atoms with Crippen LogP contribution in [0.25, 0.3) is 0 Å². The molecule has 0 aromatic heterocycles. The fraction of sp³-hybridized carbons (Fsp3) is 0.333. The first-order chi connectivity index (χ1) is 19.1. The minimum atomic E-state index is -4.13. The number of nitrogens with zero attached hydrogens (tertiary/aromatic N) is 2. The molecule has 3 aromatic rings. The lowest BCUT2D eigenvalue weighted by Crippen LogP contribution is -2.52. The van der Waals surface area contributed by atoms with Gasteiger partial charge in [-0.1, -0.05) is 62.7 Å². The molecule has 0 bridgehead atoms. The highest BCUT2D eigenvalue weighted by molar-refractivity contribution is 7.92.